The summed E-state index contributed by atoms with van der Waals surface area (Å²) in [5, 5.41) is 4.87. The molecule has 7 heteroatoms. The number of anilines is 10. The molecule has 6 aliphatic rings. The van der Waals surface area contributed by atoms with Gasteiger partial charge in [0, 0.05) is 82.6 Å². The number of fused-ring (bicyclic) bond motifs is 16. The van der Waals surface area contributed by atoms with Crippen LogP contribution in [0.1, 0.15) is 143 Å². The van der Waals surface area contributed by atoms with Crippen molar-refractivity contribution in [2.75, 3.05) is 19.6 Å². The van der Waals surface area contributed by atoms with Gasteiger partial charge in [-0.2, -0.15) is 0 Å². The number of furan rings is 1. The van der Waals surface area contributed by atoms with Gasteiger partial charge < -0.3 is 24.0 Å². The fraction of sp³-hybridized carbons (Fsp3) is 0.308. The second kappa shape index (κ2) is 17.5. The summed E-state index contributed by atoms with van der Waals surface area (Å²) in [6.07, 6.45) is 9.45. The Morgan fingerprint density at radius 3 is 1.69 bits per heavy atom. The van der Waals surface area contributed by atoms with Crippen molar-refractivity contribution in [1.82, 2.24) is 0 Å². The lowest BCUT2D eigenvalue weighted by Gasteiger charge is -2.51. The molecule has 2 saturated carbocycles. The molecule has 85 heavy (non-hydrogen) atoms. The molecule has 4 aliphatic heterocycles. The van der Waals surface area contributed by atoms with Crippen LogP contribution in [0.25, 0.3) is 42.1 Å². The van der Waals surface area contributed by atoms with Crippen LogP contribution in [0.4, 0.5) is 56.9 Å². The maximum absolute atomic E-state index is 7.25. The van der Waals surface area contributed by atoms with Crippen LogP contribution in [-0.4, -0.2) is 17.8 Å². The Morgan fingerprint density at radius 1 is 0.424 bits per heavy atom. The standard InChI is InChI=1S/C78H75BN4OS/c1-73(2,3)48-34-38-61-57(43-48)76(8)40-18-20-42-78(76,10)83(61)51-46-66-70-67(47-51)81(63-30-22-26-55-53-24-12-16-32-69(53)85-72(55)63)64-44-49(74(4,5)6)33-36-58(64)79(70)59-37-35-50(82-60-28-14-13-27-56(60)75(7)39-17-19-41-77(75,82)9)45-65(59)80(66)62-29-21-25-54-52-23-11-15-31-68(52)84-71(54)62/h11-16,21-38,43-47H,17-20,39-42H2,1-10H3. The molecule has 2 fully saturated rings. The summed E-state index contributed by atoms with van der Waals surface area (Å²) in [4.78, 5) is 11.0. The van der Waals surface area contributed by atoms with Gasteiger partial charge in [0.15, 0.2) is 5.58 Å². The lowest BCUT2D eigenvalue weighted by molar-refractivity contribution is 0.195. The number of thiophene rings is 1. The molecule has 17 rings (SSSR count). The molecule has 6 heterocycles. The fourth-order valence-corrected chi connectivity index (χ4v) is 18.9. The third-order valence-electron chi connectivity index (χ3n) is 22.7. The van der Waals surface area contributed by atoms with Gasteiger partial charge in [-0.1, -0.05) is 190 Å². The molecule has 0 amide bonds. The van der Waals surface area contributed by atoms with Crippen molar-refractivity contribution in [2.45, 2.75) is 153 Å². The average Bonchev–Trinajstić information content (AvgIpc) is 1.70. The third kappa shape index (κ3) is 6.82. The highest BCUT2D eigenvalue weighted by Crippen LogP contribution is 2.64. The number of para-hydroxylation sites is 3. The molecule has 0 spiro atoms. The highest BCUT2D eigenvalue weighted by atomic mass is 32.1. The second-order valence-electron chi connectivity index (χ2n) is 29.1. The van der Waals surface area contributed by atoms with Crippen molar-refractivity contribution < 1.29 is 4.42 Å². The van der Waals surface area contributed by atoms with E-state index in [2.05, 4.69) is 265 Å². The number of hydrogen-bond donors (Lipinski definition) is 0. The third-order valence-corrected chi connectivity index (χ3v) is 23.9. The van der Waals surface area contributed by atoms with Gasteiger partial charge in [-0.05, 0) is 156 Å². The Balaban J connectivity index is 1.02. The van der Waals surface area contributed by atoms with Crippen molar-refractivity contribution >= 4 is 133 Å². The van der Waals surface area contributed by atoms with Crippen LogP contribution in [0, 0.1) is 0 Å². The molecule has 422 valence electrons. The van der Waals surface area contributed by atoms with Crippen LogP contribution in [0.5, 0.6) is 0 Å². The molecule has 9 aromatic carbocycles. The zero-order chi connectivity index (χ0) is 57.9. The molecule has 4 unspecified atom stereocenters. The predicted octanol–water partition coefficient (Wildman–Crippen LogP) is 20.1. The minimum Gasteiger partial charge on any atom is -0.454 e. The molecule has 2 aliphatic carbocycles. The van der Waals surface area contributed by atoms with Crippen LogP contribution in [0.2, 0.25) is 0 Å². The molecule has 0 radical (unpaired) electrons. The number of rotatable bonds is 4. The second-order valence-corrected chi connectivity index (χ2v) is 30.1. The van der Waals surface area contributed by atoms with Crippen LogP contribution in [0.15, 0.2) is 180 Å². The van der Waals surface area contributed by atoms with Gasteiger partial charge in [-0.3, -0.25) is 0 Å². The Labute approximate surface area is 506 Å². The van der Waals surface area contributed by atoms with Gasteiger partial charge >= 0.3 is 0 Å². The first-order valence-corrected chi connectivity index (χ1v) is 32.4. The minimum atomic E-state index is -0.207. The van der Waals surface area contributed by atoms with E-state index >= 15 is 0 Å². The molecule has 2 aromatic heterocycles. The normalized spacial score (nSPS) is 23.1. The van der Waals surface area contributed by atoms with Crippen molar-refractivity contribution in [3.8, 4) is 0 Å². The van der Waals surface area contributed by atoms with Crippen LogP contribution >= 0.6 is 11.3 Å². The maximum atomic E-state index is 7.25. The molecular formula is C78H75BN4OS. The van der Waals surface area contributed by atoms with Gasteiger partial charge in [0.1, 0.15) is 5.58 Å². The summed E-state index contributed by atoms with van der Waals surface area (Å²) in [5.74, 6) is 0. The summed E-state index contributed by atoms with van der Waals surface area (Å²) in [7, 11) is 0. The smallest absolute Gasteiger partial charge is 0.252 e. The Hall–Kier alpha value is -7.74. The monoisotopic (exact) mass is 1130 g/mol. The van der Waals surface area contributed by atoms with Crippen LogP contribution in [-0.2, 0) is 21.7 Å². The van der Waals surface area contributed by atoms with E-state index in [9.17, 15) is 0 Å². The van der Waals surface area contributed by atoms with Crippen LogP contribution in [0.3, 0.4) is 0 Å². The Morgan fingerprint density at radius 2 is 0.953 bits per heavy atom. The van der Waals surface area contributed by atoms with Gasteiger partial charge in [-0.15, -0.1) is 11.3 Å². The Kier molecular flexibility index (Phi) is 10.6. The summed E-state index contributed by atoms with van der Waals surface area (Å²) in [6, 6.07) is 68.9. The molecule has 0 N–H and O–H groups in total. The van der Waals surface area contributed by atoms with Crippen molar-refractivity contribution in [1.29, 1.82) is 0 Å². The van der Waals surface area contributed by atoms with E-state index in [4.69, 9.17) is 4.42 Å². The van der Waals surface area contributed by atoms with Gasteiger partial charge in [-0.25, -0.2) is 0 Å². The van der Waals surface area contributed by atoms with E-state index in [1.54, 1.807) is 0 Å². The number of hydrogen-bond acceptors (Lipinski definition) is 6. The van der Waals surface area contributed by atoms with E-state index in [1.807, 2.05) is 11.3 Å². The first-order valence-electron chi connectivity index (χ1n) is 31.6. The van der Waals surface area contributed by atoms with E-state index in [1.165, 1.54) is 142 Å². The SMILES string of the molecule is CC(C)(C)c1ccc2c(c1)N(c1cccc3c1sc1ccccc13)c1cc(N3c4ccc(C(C)(C)C)cc4C4(C)CCCCC34C)cc3c1B2c1ccc(N2c4ccccc4C4(C)CCCCC24C)cc1N3c1cccc2c1oc1ccccc12. The van der Waals surface area contributed by atoms with E-state index in [0.717, 1.165) is 46.9 Å². The summed E-state index contributed by atoms with van der Waals surface area (Å²) in [5.41, 5.74) is 23.3. The van der Waals surface area contributed by atoms with E-state index < -0.39 is 0 Å². The zero-order valence-electron chi connectivity index (χ0n) is 51.1. The van der Waals surface area contributed by atoms with Crippen molar-refractivity contribution in [2.24, 2.45) is 0 Å². The largest absolute Gasteiger partial charge is 0.454 e. The van der Waals surface area contributed by atoms with Gasteiger partial charge in [0.05, 0.1) is 27.2 Å². The number of nitrogens with zero attached hydrogens (tertiary/aromatic N) is 4. The first-order chi connectivity index (χ1) is 40.9. The molecule has 4 atom stereocenters. The maximum Gasteiger partial charge on any atom is 0.252 e. The lowest BCUT2D eigenvalue weighted by Crippen LogP contribution is -2.61. The topological polar surface area (TPSA) is 26.1 Å². The van der Waals surface area contributed by atoms with Crippen LogP contribution < -0.4 is 36.0 Å². The first kappa shape index (κ1) is 51.7. The average molecular weight is 1130 g/mol. The molecule has 0 saturated heterocycles. The van der Waals surface area contributed by atoms with Gasteiger partial charge in [0.25, 0.3) is 6.71 Å². The summed E-state index contributed by atoms with van der Waals surface area (Å²) in [6.45, 7) is 24.5. The number of benzene rings is 9. The fourth-order valence-electron chi connectivity index (χ4n) is 17.7. The molecule has 5 nitrogen and oxygen atoms in total. The van der Waals surface area contributed by atoms with Gasteiger partial charge in [0.2, 0.25) is 0 Å². The van der Waals surface area contributed by atoms with E-state index in [0.29, 0.717) is 0 Å². The lowest BCUT2D eigenvalue weighted by atomic mass is 9.33. The van der Waals surface area contributed by atoms with Crippen molar-refractivity contribution in [3.05, 3.63) is 198 Å². The molecule has 11 aromatic rings. The van der Waals surface area contributed by atoms with Crippen molar-refractivity contribution in [3.63, 3.8) is 0 Å². The summed E-state index contributed by atoms with van der Waals surface area (Å²) < 4.78 is 9.87. The zero-order valence-corrected chi connectivity index (χ0v) is 51.9. The highest BCUT2D eigenvalue weighted by Gasteiger charge is 2.60. The molecule has 0 bridgehead atoms. The highest BCUT2D eigenvalue weighted by molar-refractivity contribution is 7.26. The minimum absolute atomic E-state index is 0.00486. The Bertz CT molecular complexity index is 4670. The molecular weight excluding hydrogens is 1050 g/mol. The predicted molar refractivity (Wildman–Crippen MR) is 364 cm³/mol. The quantitative estimate of drug-likeness (QED) is 0.164. The summed E-state index contributed by atoms with van der Waals surface area (Å²) >= 11 is 1.93. The van der Waals surface area contributed by atoms with E-state index in [-0.39, 0.29) is 39.5 Å².